The molecule has 2 atom stereocenters. The molecule has 2 N–H and O–H groups in total. The molecule has 1 aliphatic rings. The number of piperidine rings is 1. The third-order valence-electron chi connectivity index (χ3n) is 4.01. The van der Waals surface area contributed by atoms with E-state index in [1.807, 2.05) is 49.7 Å². The second-order valence-corrected chi connectivity index (χ2v) is 6.92. The van der Waals surface area contributed by atoms with Crippen LogP contribution in [-0.4, -0.2) is 39.7 Å². The number of nitrogens with two attached hydrogens (primary N) is 1. The van der Waals surface area contributed by atoms with Crippen LogP contribution in [0.4, 0.5) is 0 Å². The minimum Gasteiger partial charge on any atom is -0.339 e. The molecular weight excluding hydrogens is 252 g/mol. The van der Waals surface area contributed by atoms with Gasteiger partial charge in [0.05, 0.1) is 18.3 Å². The first-order chi connectivity index (χ1) is 9.29. The molecule has 2 rings (SSSR count). The van der Waals surface area contributed by atoms with E-state index < -0.39 is 6.04 Å². The highest BCUT2D eigenvalue weighted by Crippen LogP contribution is 2.25. The Bertz CT molecular complexity index is 474. The number of rotatable bonds is 2. The summed E-state index contributed by atoms with van der Waals surface area (Å²) in [6.45, 7) is 9.57. The van der Waals surface area contributed by atoms with Crippen molar-refractivity contribution < 1.29 is 4.79 Å². The standard InChI is InChI=1S/C15H26N4O/c1-11-8-17-19(9-11)12-6-5-7-18(10-12)14(20)13(16)15(2,3)4/h8-9,12-13H,5-7,10,16H2,1-4H3/t12?,13-/m1/s1. The van der Waals surface area contributed by atoms with Gasteiger partial charge in [-0.1, -0.05) is 20.8 Å². The molecule has 0 saturated carbocycles. The maximum absolute atomic E-state index is 12.5. The molecule has 2 heterocycles. The van der Waals surface area contributed by atoms with Gasteiger partial charge in [0.1, 0.15) is 0 Å². The molecule has 0 radical (unpaired) electrons. The largest absolute Gasteiger partial charge is 0.339 e. The Kier molecular flexibility index (Phi) is 4.18. The topological polar surface area (TPSA) is 64.2 Å². The van der Waals surface area contributed by atoms with E-state index in [1.54, 1.807) is 0 Å². The molecule has 0 spiro atoms. The van der Waals surface area contributed by atoms with Crippen LogP contribution in [0.25, 0.3) is 0 Å². The summed E-state index contributed by atoms with van der Waals surface area (Å²) in [4.78, 5) is 14.4. The molecule has 1 unspecified atom stereocenters. The van der Waals surface area contributed by atoms with Crippen molar-refractivity contribution in [3.8, 4) is 0 Å². The molecule has 1 aromatic heterocycles. The van der Waals surface area contributed by atoms with Crippen molar-refractivity contribution in [2.45, 2.75) is 52.6 Å². The summed E-state index contributed by atoms with van der Waals surface area (Å²) >= 11 is 0. The first-order valence-electron chi connectivity index (χ1n) is 7.34. The minimum absolute atomic E-state index is 0.0612. The lowest BCUT2D eigenvalue weighted by atomic mass is 9.86. The maximum atomic E-state index is 12.5. The van der Waals surface area contributed by atoms with Crippen molar-refractivity contribution >= 4 is 5.91 Å². The van der Waals surface area contributed by atoms with Crippen LogP contribution in [0.2, 0.25) is 0 Å². The fourth-order valence-electron chi connectivity index (χ4n) is 2.57. The van der Waals surface area contributed by atoms with E-state index in [2.05, 4.69) is 5.10 Å². The van der Waals surface area contributed by atoms with Gasteiger partial charge in [-0.15, -0.1) is 0 Å². The predicted octanol–water partition coefficient (Wildman–Crippen LogP) is 1.73. The number of carbonyl (C=O) groups excluding carboxylic acids is 1. The van der Waals surface area contributed by atoms with Crippen LogP contribution in [0, 0.1) is 12.3 Å². The van der Waals surface area contributed by atoms with E-state index in [4.69, 9.17) is 5.73 Å². The number of carbonyl (C=O) groups is 1. The van der Waals surface area contributed by atoms with Crippen molar-refractivity contribution in [3.63, 3.8) is 0 Å². The average Bonchev–Trinajstić information content (AvgIpc) is 2.83. The SMILES string of the molecule is Cc1cnn(C2CCCN(C(=O)[C@@H](N)C(C)(C)C)C2)c1. The lowest BCUT2D eigenvalue weighted by Gasteiger charge is -2.37. The molecule has 5 heteroatoms. The van der Waals surface area contributed by atoms with E-state index in [0.29, 0.717) is 6.54 Å². The predicted molar refractivity (Wildman–Crippen MR) is 79.2 cm³/mol. The fourth-order valence-corrected chi connectivity index (χ4v) is 2.57. The first-order valence-corrected chi connectivity index (χ1v) is 7.34. The van der Waals surface area contributed by atoms with E-state index in [0.717, 1.165) is 24.9 Å². The number of hydrogen-bond donors (Lipinski definition) is 1. The lowest BCUT2D eigenvalue weighted by Crippen LogP contribution is -2.53. The number of amides is 1. The molecule has 1 aliphatic heterocycles. The second-order valence-electron chi connectivity index (χ2n) is 6.92. The quantitative estimate of drug-likeness (QED) is 0.896. The zero-order valence-electron chi connectivity index (χ0n) is 13.0. The molecule has 0 aromatic carbocycles. The Morgan fingerprint density at radius 1 is 1.50 bits per heavy atom. The van der Waals surface area contributed by atoms with Crippen LogP contribution < -0.4 is 5.73 Å². The van der Waals surface area contributed by atoms with Gasteiger partial charge >= 0.3 is 0 Å². The fraction of sp³-hybridized carbons (Fsp3) is 0.733. The van der Waals surface area contributed by atoms with Crippen LogP contribution in [-0.2, 0) is 4.79 Å². The van der Waals surface area contributed by atoms with Crippen LogP contribution in [0.3, 0.4) is 0 Å². The second kappa shape index (κ2) is 5.56. The van der Waals surface area contributed by atoms with Gasteiger partial charge in [0.25, 0.3) is 0 Å². The summed E-state index contributed by atoms with van der Waals surface area (Å²) in [5.74, 6) is 0.0612. The van der Waals surface area contributed by atoms with E-state index >= 15 is 0 Å². The monoisotopic (exact) mass is 278 g/mol. The molecule has 1 fully saturated rings. The number of likely N-dealkylation sites (tertiary alicyclic amines) is 1. The summed E-state index contributed by atoms with van der Waals surface area (Å²) in [7, 11) is 0. The zero-order valence-corrected chi connectivity index (χ0v) is 13.0. The molecular formula is C15H26N4O. The van der Waals surface area contributed by atoms with Crippen LogP contribution in [0.15, 0.2) is 12.4 Å². The van der Waals surface area contributed by atoms with Gasteiger partial charge in [-0.3, -0.25) is 9.48 Å². The number of nitrogens with zero attached hydrogens (tertiary/aromatic N) is 3. The highest BCUT2D eigenvalue weighted by atomic mass is 16.2. The van der Waals surface area contributed by atoms with Crippen molar-refractivity contribution in [3.05, 3.63) is 18.0 Å². The van der Waals surface area contributed by atoms with Crippen LogP contribution >= 0.6 is 0 Å². The first kappa shape index (κ1) is 15.0. The Morgan fingerprint density at radius 3 is 2.75 bits per heavy atom. The van der Waals surface area contributed by atoms with E-state index in [9.17, 15) is 4.79 Å². The van der Waals surface area contributed by atoms with E-state index in [-0.39, 0.29) is 17.4 Å². The summed E-state index contributed by atoms with van der Waals surface area (Å²) < 4.78 is 1.98. The lowest BCUT2D eigenvalue weighted by molar-refractivity contribution is -0.136. The third kappa shape index (κ3) is 3.20. The Balaban J connectivity index is 2.05. The van der Waals surface area contributed by atoms with Crippen molar-refractivity contribution in [1.82, 2.24) is 14.7 Å². The van der Waals surface area contributed by atoms with Crippen molar-refractivity contribution in [2.24, 2.45) is 11.1 Å². The van der Waals surface area contributed by atoms with Gasteiger partial charge in [-0.25, -0.2) is 0 Å². The van der Waals surface area contributed by atoms with Gasteiger partial charge in [0.2, 0.25) is 5.91 Å². The molecule has 5 nitrogen and oxygen atoms in total. The van der Waals surface area contributed by atoms with Crippen molar-refractivity contribution in [1.29, 1.82) is 0 Å². The summed E-state index contributed by atoms with van der Waals surface area (Å²) in [6.07, 6.45) is 5.98. The normalized spacial score (nSPS) is 21.9. The summed E-state index contributed by atoms with van der Waals surface area (Å²) in [6, 6.07) is -0.172. The number of aromatic nitrogens is 2. The van der Waals surface area contributed by atoms with Crippen molar-refractivity contribution in [2.75, 3.05) is 13.1 Å². The van der Waals surface area contributed by atoms with Gasteiger partial charge in [0.15, 0.2) is 0 Å². The summed E-state index contributed by atoms with van der Waals surface area (Å²) in [5.41, 5.74) is 7.05. The smallest absolute Gasteiger partial charge is 0.240 e. The van der Waals surface area contributed by atoms with Gasteiger partial charge in [-0.2, -0.15) is 5.10 Å². The van der Waals surface area contributed by atoms with Crippen LogP contribution in [0.1, 0.15) is 45.2 Å². The third-order valence-corrected chi connectivity index (χ3v) is 4.01. The Morgan fingerprint density at radius 2 is 2.20 bits per heavy atom. The molecule has 0 bridgehead atoms. The number of hydrogen-bond acceptors (Lipinski definition) is 3. The maximum Gasteiger partial charge on any atom is 0.240 e. The minimum atomic E-state index is -0.444. The molecule has 0 aliphatic carbocycles. The molecule has 20 heavy (non-hydrogen) atoms. The Labute approximate surface area is 121 Å². The number of aryl methyl sites for hydroxylation is 1. The molecule has 1 amide bonds. The summed E-state index contributed by atoms with van der Waals surface area (Å²) in [5, 5.41) is 4.37. The van der Waals surface area contributed by atoms with E-state index in [1.165, 1.54) is 0 Å². The Hall–Kier alpha value is -1.36. The molecule has 1 saturated heterocycles. The average molecular weight is 278 g/mol. The zero-order chi connectivity index (χ0) is 14.9. The molecule has 1 aromatic rings. The van der Waals surface area contributed by atoms with Gasteiger partial charge in [-0.05, 0) is 30.7 Å². The highest BCUT2D eigenvalue weighted by molar-refractivity contribution is 5.82. The highest BCUT2D eigenvalue weighted by Gasteiger charge is 2.33. The van der Waals surface area contributed by atoms with Crippen LogP contribution in [0.5, 0.6) is 0 Å². The van der Waals surface area contributed by atoms with Gasteiger partial charge < -0.3 is 10.6 Å². The van der Waals surface area contributed by atoms with Gasteiger partial charge in [0, 0.05) is 19.3 Å². The molecule has 112 valence electrons.